The summed E-state index contributed by atoms with van der Waals surface area (Å²) in [5.41, 5.74) is 0.477. The van der Waals surface area contributed by atoms with E-state index in [1.807, 2.05) is 0 Å². The zero-order valence-electron chi connectivity index (χ0n) is 10.9. The largest absolute Gasteiger partial charge is 0.486 e. The Labute approximate surface area is 115 Å². The van der Waals surface area contributed by atoms with Crippen LogP contribution in [-0.4, -0.2) is 6.61 Å². The number of hydrogen-bond acceptors (Lipinski definition) is 1. The molecule has 0 N–H and O–H groups in total. The van der Waals surface area contributed by atoms with Crippen LogP contribution >= 0.6 is 0 Å². The van der Waals surface area contributed by atoms with E-state index < -0.39 is 17.5 Å². The van der Waals surface area contributed by atoms with Crippen LogP contribution in [0, 0.1) is 24.4 Å². The average molecular weight is 278 g/mol. The van der Waals surface area contributed by atoms with E-state index in [1.54, 1.807) is 0 Å². The molecule has 104 valence electrons. The molecule has 0 unspecified atom stereocenters. The molecule has 20 heavy (non-hydrogen) atoms. The van der Waals surface area contributed by atoms with Crippen LogP contribution < -0.4 is 4.74 Å². The molecule has 0 aliphatic heterocycles. The van der Waals surface area contributed by atoms with Gasteiger partial charge in [0.15, 0.2) is 23.2 Å². The van der Waals surface area contributed by atoms with Crippen LogP contribution in [0.1, 0.15) is 5.56 Å². The fraction of sp³-hybridized carbons (Fsp3) is 0.125. The molecule has 0 heterocycles. The van der Waals surface area contributed by atoms with Crippen molar-refractivity contribution in [1.82, 2.24) is 0 Å². The van der Waals surface area contributed by atoms with Crippen LogP contribution in [0.5, 0.6) is 5.75 Å². The molecule has 4 heteroatoms. The molecule has 0 bridgehead atoms. The maximum atomic E-state index is 13.8. The van der Waals surface area contributed by atoms with Gasteiger partial charge in [0.05, 0.1) is 0 Å². The molecule has 0 aliphatic carbocycles. The van der Waals surface area contributed by atoms with Crippen molar-refractivity contribution in [2.75, 3.05) is 6.61 Å². The minimum absolute atomic E-state index is 0.0160. The van der Waals surface area contributed by atoms with Gasteiger partial charge in [-0.05, 0) is 30.2 Å². The summed E-state index contributed by atoms with van der Waals surface area (Å²) in [6, 6.07) is 6.85. The molecular formula is C16H13F3O. The summed E-state index contributed by atoms with van der Waals surface area (Å²) in [4.78, 5) is 0. The zero-order valence-corrected chi connectivity index (χ0v) is 10.9. The van der Waals surface area contributed by atoms with Crippen molar-refractivity contribution < 1.29 is 17.9 Å². The second kappa shape index (κ2) is 5.82. The molecular weight excluding hydrogens is 265 g/mol. The molecule has 0 atom stereocenters. The van der Waals surface area contributed by atoms with Crippen LogP contribution in [0.2, 0.25) is 0 Å². The van der Waals surface area contributed by atoms with Gasteiger partial charge in [0.2, 0.25) is 0 Å². The highest BCUT2D eigenvalue weighted by Gasteiger charge is 2.14. The molecule has 0 fully saturated rings. The smallest absolute Gasteiger partial charge is 0.166 e. The lowest BCUT2D eigenvalue weighted by atomic mass is 10.0. The minimum Gasteiger partial charge on any atom is -0.486 e. The number of halogens is 3. The van der Waals surface area contributed by atoms with Crippen molar-refractivity contribution >= 4 is 0 Å². The van der Waals surface area contributed by atoms with E-state index in [9.17, 15) is 13.2 Å². The summed E-state index contributed by atoms with van der Waals surface area (Å²) in [6.45, 7) is 5.10. The monoisotopic (exact) mass is 278 g/mol. The first kappa shape index (κ1) is 14.2. The summed E-state index contributed by atoms with van der Waals surface area (Å²) in [6.07, 6.45) is 1.49. The third-order valence-corrected chi connectivity index (χ3v) is 2.87. The van der Waals surface area contributed by atoms with Gasteiger partial charge in [0.1, 0.15) is 6.61 Å². The van der Waals surface area contributed by atoms with Crippen LogP contribution in [0.4, 0.5) is 13.2 Å². The van der Waals surface area contributed by atoms with Crippen LogP contribution in [0.3, 0.4) is 0 Å². The Morgan fingerprint density at radius 2 is 1.85 bits per heavy atom. The topological polar surface area (TPSA) is 9.23 Å². The van der Waals surface area contributed by atoms with Gasteiger partial charge in [-0.15, -0.1) is 0 Å². The standard InChI is InChI=1S/C16H13F3O/c1-3-8-20-14-7-5-11(9-13(14)17)12-6-4-10(2)15(18)16(12)19/h3-7,9H,1,8H2,2H3. The second-order valence-corrected chi connectivity index (χ2v) is 4.30. The van der Waals surface area contributed by atoms with Gasteiger partial charge in [0, 0.05) is 5.56 Å². The summed E-state index contributed by atoms with van der Waals surface area (Å²) in [7, 11) is 0. The highest BCUT2D eigenvalue weighted by Crippen LogP contribution is 2.29. The second-order valence-electron chi connectivity index (χ2n) is 4.30. The fourth-order valence-corrected chi connectivity index (χ4v) is 1.80. The Hall–Kier alpha value is -2.23. The highest BCUT2D eigenvalue weighted by molar-refractivity contribution is 5.65. The number of ether oxygens (including phenoxy) is 1. The molecule has 0 amide bonds. The fourth-order valence-electron chi connectivity index (χ4n) is 1.80. The van der Waals surface area contributed by atoms with Gasteiger partial charge in [0.25, 0.3) is 0 Å². The van der Waals surface area contributed by atoms with Gasteiger partial charge >= 0.3 is 0 Å². The SMILES string of the molecule is C=CCOc1ccc(-c2ccc(C)c(F)c2F)cc1F. The third-order valence-electron chi connectivity index (χ3n) is 2.87. The Bertz CT molecular complexity index is 650. The van der Waals surface area contributed by atoms with Crippen molar-refractivity contribution in [3.63, 3.8) is 0 Å². The normalized spacial score (nSPS) is 10.4. The molecule has 0 saturated carbocycles. The molecule has 2 aromatic carbocycles. The molecule has 0 aromatic heterocycles. The molecule has 0 aliphatic rings. The van der Waals surface area contributed by atoms with Crippen molar-refractivity contribution in [2.24, 2.45) is 0 Å². The van der Waals surface area contributed by atoms with Gasteiger partial charge in [-0.2, -0.15) is 0 Å². The lowest BCUT2D eigenvalue weighted by molar-refractivity contribution is 0.342. The molecule has 0 saturated heterocycles. The first-order valence-corrected chi connectivity index (χ1v) is 6.02. The van der Waals surface area contributed by atoms with Crippen molar-refractivity contribution in [1.29, 1.82) is 0 Å². The van der Waals surface area contributed by atoms with Gasteiger partial charge in [-0.25, -0.2) is 13.2 Å². The molecule has 2 rings (SSSR count). The van der Waals surface area contributed by atoms with E-state index in [-0.39, 0.29) is 29.0 Å². The number of rotatable bonds is 4. The van der Waals surface area contributed by atoms with E-state index in [2.05, 4.69) is 6.58 Å². The van der Waals surface area contributed by atoms with Gasteiger partial charge in [-0.3, -0.25) is 0 Å². The Balaban J connectivity index is 2.42. The quantitative estimate of drug-likeness (QED) is 0.740. The minimum atomic E-state index is -0.982. The van der Waals surface area contributed by atoms with Gasteiger partial charge < -0.3 is 4.74 Å². The number of benzene rings is 2. The van der Waals surface area contributed by atoms with Crippen molar-refractivity contribution in [2.45, 2.75) is 6.92 Å². The summed E-state index contributed by atoms with van der Waals surface area (Å²) >= 11 is 0. The van der Waals surface area contributed by atoms with E-state index >= 15 is 0 Å². The lowest BCUT2D eigenvalue weighted by Gasteiger charge is -2.09. The first-order chi connectivity index (χ1) is 9.54. The van der Waals surface area contributed by atoms with Gasteiger partial charge in [-0.1, -0.05) is 30.9 Å². The molecule has 1 nitrogen and oxygen atoms in total. The van der Waals surface area contributed by atoms with E-state index in [0.717, 1.165) is 6.07 Å². The predicted molar refractivity (Wildman–Crippen MR) is 72.2 cm³/mol. The third kappa shape index (κ3) is 2.69. The maximum absolute atomic E-state index is 13.8. The zero-order chi connectivity index (χ0) is 14.7. The highest BCUT2D eigenvalue weighted by atomic mass is 19.2. The predicted octanol–water partition coefficient (Wildman–Crippen LogP) is 4.64. The lowest BCUT2D eigenvalue weighted by Crippen LogP contribution is -1.97. The van der Waals surface area contributed by atoms with Crippen LogP contribution in [-0.2, 0) is 0 Å². The first-order valence-electron chi connectivity index (χ1n) is 6.02. The molecule has 2 aromatic rings. The number of aryl methyl sites for hydroxylation is 1. The Morgan fingerprint density at radius 3 is 2.50 bits per heavy atom. The van der Waals surface area contributed by atoms with Crippen molar-refractivity contribution in [3.8, 4) is 16.9 Å². The molecule has 0 radical (unpaired) electrons. The summed E-state index contributed by atoms with van der Waals surface area (Å²) < 4.78 is 46.2. The van der Waals surface area contributed by atoms with Crippen molar-refractivity contribution in [3.05, 3.63) is 66.0 Å². The number of hydrogen-bond donors (Lipinski definition) is 0. The maximum Gasteiger partial charge on any atom is 0.166 e. The summed E-state index contributed by atoms with van der Waals surface area (Å²) in [5.74, 6) is -2.49. The Morgan fingerprint density at radius 1 is 1.10 bits per heavy atom. The average Bonchev–Trinajstić information content (AvgIpc) is 2.44. The molecule has 0 spiro atoms. The summed E-state index contributed by atoms with van der Waals surface area (Å²) in [5, 5.41) is 0. The van der Waals surface area contributed by atoms with Crippen LogP contribution in [0.25, 0.3) is 11.1 Å². The van der Waals surface area contributed by atoms with E-state index in [4.69, 9.17) is 4.74 Å². The van der Waals surface area contributed by atoms with E-state index in [0.29, 0.717) is 0 Å². The van der Waals surface area contributed by atoms with Crippen LogP contribution in [0.15, 0.2) is 43.0 Å². The van der Waals surface area contributed by atoms with E-state index in [1.165, 1.54) is 37.3 Å². The Kier molecular flexibility index (Phi) is 4.13.